The quantitative estimate of drug-likeness (QED) is 0.730. The van der Waals surface area contributed by atoms with Crippen LogP contribution in [0.2, 0.25) is 0 Å². The van der Waals surface area contributed by atoms with E-state index in [4.69, 9.17) is 0 Å². The molecule has 1 unspecified atom stereocenters. The summed E-state index contributed by atoms with van der Waals surface area (Å²) < 4.78 is 28.0. The Morgan fingerprint density at radius 2 is 2.00 bits per heavy atom. The average molecular weight is 331 g/mol. The van der Waals surface area contributed by atoms with E-state index in [0.29, 0.717) is 17.9 Å². The van der Waals surface area contributed by atoms with E-state index in [1.54, 1.807) is 17.8 Å². The SMILES string of the molecule is CCSCC(C)NS(=O)(=O)c1cc(CNC)ccc1CC. The number of hydrogen-bond acceptors (Lipinski definition) is 4. The molecule has 0 saturated heterocycles. The van der Waals surface area contributed by atoms with Gasteiger partial charge in [0.25, 0.3) is 0 Å². The zero-order valence-electron chi connectivity index (χ0n) is 13.3. The van der Waals surface area contributed by atoms with Crippen LogP contribution in [-0.4, -0.2) is 33.0 Å². The Labute approximate surface area is 133 Å². The number of hydrogen-bond donors (Lipinski definition) is 2. The van der Waals surface area contributed by atoms with Crippen molar-refractivity contribution in [2.24, 2.45) is 0 Å². The Kier molecular flexibility index (Phi) is 7.73. The largest absolute Gasteiger partial charge is 0.316 e. The Balaban J connectivity index is 3.02. The van der Waals surface area contributed by atoms with E-state index >= 15 is 0 Å². The first-order valence-electron chi connectivity index (χ1n) is 7.31. The van der Waals surface area contributed by atoms with E-state index in [1.807, 2.05) is 33.0 Å². The molecule has 21 heavy (non-hydrogen) atoms. The van der Waals surface area contributed by atoms with Crippen LogP contribution in [0.1, 0.15) is 31.9 Å². The van der Waals surface area contributed by atoms with Crippen LogP contribution in [0.15, 0.2) is 23.1 Å². The van der Waals surface area contributed by atoms with Crippen molar-refractivity contribution in [2.45, 2.75) is 44.7 Å². The van der Waals surface area contributed by atoms with Gasteiger partial charge in [0, 0.05) is 18.3 Å². The molecule has 0 amide bonds. The molecule has 0 saturated carbocycles. The van der Waals surface area contributed by atoms with Gasteiger partial charge in [-0.2, -0.15) is 11.8 Å². The lowest BCUT2D eigenvalue weighted by Gasteiger charge is -2.16. The van der Waals surface area contributed by atoms with Crippen LogP contribution in [0, 0.1) is 0 Å². The number of benzene rings is 1. The second-order valence-corrected chi connectivity index (χ2v) is 8.01. The van der Waals surface area contributed by atoms with Crippen molar-refractivity contribution in [3.8, 4) is 0 Å². The van der Waals surface area contributed by atoms with E-state index in [9.17, 15) is 8.42 Å². The Morgan fingerprint density at radius 3 is 2.57 bits per heavy atom. The number of aryl methyl sites for hydroxylation is 1. The summed E-state index contributed by atoms with van der Waals surface area (Å²) >= 11 is 1.74. The molecular weight excluding hydrogens is 304 g/mol. The summed E-state index contributed by atoms with van der Waals surface area (Å²) in [5, 5.41) is 3.05. The van der Waals surface area contributed by atoms with Gasteiger partial charge in [0.2, 0.25) is 10.0 Å². The summed E-state index contributed by atoms with van der Waals surface area (Å²) in [7, 11) is -1.61. The predicted octanol–water partition coefficient (Wildman–Crippen LogP) is 2.39. The van der Waals surface area contributed by atoms with Gasteiger partial charge in [-0.1, -0.05) is 26.0 Å². The minimum atomic E-state index is -3.46. The highest BCUT2D eigenvalue weighted by atomic mass is 32.2. The summed E-state index contributed by atoms with van der Waals surface area (Å²) in [4.78, 5) is 0.408. The van der Waals surface area contributed by atoms with Crippen LogP contribution in [0.3, 0.4) is 0 Å². The van der Waals surface area contributed by atoms with Crippen LogP contribution in [0.4, 0.5) is 0 Å². The molecule has 1 aromatic rings. The molecule has 0 radical (unpaired) electrons. The van der Waals surface area contributed by atoms with Gasteiger partial charge in [0.05, 0.1) is 4.90 Å². The van der Waals surface area contributed by atoms with E-state index in [2.05, 4.69) is 17.0 Å². The minimum Gasteiger partial charge on any atom is -0.316 e. The topological polar surface area (TPSA) is 58.2 Å². The van der Waals surface area contributed by atoms with E-state index < -0.39 is 10.0 Å². The van der Waals surface area contributed by atoms with Gasteiger partial charge in [-0.15, -0.1) is 0 Å². The van der Waals surface area contributed by atoms with Crippen molar-refractivity contribution >= 4 is 21.8 Å². The van der Waals surface area contributed by atoms with Crippen LogP contribution < -0.4 is 10.0 Å². The molecule has 1 atom stereocenters. The van der Waals surface area contributed by atoms with Crippen molar-refractivity contribution in [3.63, 3.8) is 0 Å². The highest BCUT2D eigenvalue weighted by Crippen LogP contribution is 2.19. The molecule has 0 aromatic heterocycles. The summed E-state index contributed by atoms with van der Waals surface area (Å²) in [6, 6.07) is 5.59. The fraction of sp³-hybridized carbons (Fsp3) is 0.600. The van der Waals surface area contributed by atoms with Crippen LogP contribution in [0.5, 0.6) is 0 Å². The Bertz CT molecular complexity index is 545. The van der Waals surface area contributed by atoms with E-state index in [-0.39, 0.29) is 6.04 Å². The standard InChI is InChI=1S/C15H26N2O2S2/c1-5-14-8-7-13(10-16-4)9-15(14)21(18,19)17-12(3)11-20-6-2/h7-9,12,16-17H,5-6,10-11H2,1-4H3. The molecular formula is C15H26N2O2S2. The number of sulfonamides is 1. The van der Waals surface area contributed by atoms with Gasteiger partial charge < -0.3 is 5.32 Å². The summed E-state index contributed by atoms with van der Waals surface area (Å²) in [5.41, 5.74) is 1.84. The lowest BCUT2D eigenvalue weighted by atomic mass is 10.1. The van der Waals surface area contributed by atoms with E-state index in [0.717, 1.165) is 22.6 Å². The smallest absolute Gasteiger partial charge is 0.241 e. The summed E-state index contributed by atoms with van der Waals surface area (Å²) in [5.74, 6) is 1.78. The molecule has 1 aromatic carbocycles. The molecule has 120 valence electrons. The van der Waals surface area contributed by atoms with E-state index in [1.165, 1.54) is 0 Å². The predicted molar refractivity (Wildman–Crippen MR) is 91.4 cm³/mol. The van der Waals surface area contributed by atoms with Gasteiger partial charge in [-0.25, -0.2) is 13.1 Å². The molecule has 1 rings (SSSR count). The molecule has 0 aliphatic carbocycles. The molecule has 0 heterocycles. The summed E-state index contributed by atoms with van der Waals surface area (Å²) in [6.45, 7) is 6.61. The lowest BCUT2D eigenvalue weighted by molar-refractivity contribution is 0.569. The zero-order chi connectivity index (χ0) is 15.9. The van der Waals surface area contributed by atoms with Gasteiger partial charge in [-0.05, 0) is 43.3 Å². The maximum absolute atomic E-state index is 12.6. The molecule has 6 heteroatoms. The maximum atomic E-state index is 12.6. The summed E-state index contributed by atoms with van der Waals surface area (Å²) in [6.07, 6.45) is 0.703. The van der Waals surface area contributed by atoms with Gasteiger partial charge in [-0.3, -0.25) is 0 Å². The monoisotopic (exact) mass is 330 g/mol. The maximum Gasteiger partial charge on any atom is 0.241 e. The minimum absolute atomic E-state index is 0.0717. The fourth-order valence-electron chi connectivity index (χ4n) is 2.11. The highest BCUT2D eigenvalue weighted by molar-refractivity contribution is 7.99. The van der Waals surface area contributed by atoms with Gasteiger partial charge in [0.1, 0.15) is 0 Å². The number of nitrogens with one attached hydrogen (secondary N) is 2. The molecule has 0 aliphatic heterocycles. The van der Waals surface area contributed by atoms with Crippen molar-refractivity contribution in [1.29, 1.82) is 0 Å². The molecule has 0 spiro atoms. The molecule has 0 bridgehead atoms. The van der Waals surface area contributed by atoms with Crippen molar-refractivity contribution < 1.29 is 8.42 Å². The van der Waals surface area contributed by atoms with Crippen LogP contribution >= 0.6 is 11.8 Å². The van der Waals surface area contributed by atoms with Gasteiger partial charge >= 0.3 is 0 Å². The zero-order valence-corrected chi connectivity index (χ0v) is 14.9. The highest BCUT2D eigenvalue weighted by Gasteiger charge is 2.20. The first kappa shape index (κ1) is 18.5. The molecule has 2 N–H and O–H groups in total. The van der Waals surface area contributed by atoms with Crippen molar-refractivity contribution in [3.05, 3.63) is 29.3 Å². The van der Waals surface area contributed by atoms with Crippen molar-refractivity contribution in [1.82, 2.24) is 10.0 Å². The first-order chi connectivity index (χ1) is 9.94. The van der Waals surface area contributed by atoms with Crippen LogP contribution in [0.25, 0.3) is 0 Å². The third kappa shape index (κ3) is 5.62. The number of thioether (sulfide) groups is 1. The normalized spacial score (nSPS) is 13.3. The Hall–Kier alpha value is -0.560. The number of rotatable bonds is 9. The Morgan fingerprint density at radius 1 is 1.29 bits per heavy atom. The lowest BCUT2D eigenvalue weighted by Crippen LogP contribution is -2.35. The third-order valence-electron chi connectivity index (χ3n) is 3.11. The average Bonchev–Trinajstić information content (AvgIpc) is 2.45. The third-order valence-corrected chi connectivity index (χ3v) is 5.93. The van der Waals surface area contributed by atoms with Gasteiger partial charge in [0.15, 0.2) is 0 Å². The first-order valence-corrected chi connectivity index (χ1v) is 9.94. The second kappa shape index (κ2) is 8.78. The molecule has 0 fully saturated rings. The molecule has 4 nitrogen and oxygen atoms in total. The fourth-order valence-corrected chi connectivity index (χ4v) is 4.49. The van der Waals surface area contributed by atoms with Crippen LogP contribution in [-0.2, 0) is 23.0 Å². The molecule has 0 aliphatic rings. The second-order valence-electron chi connectivity index (χ2n) is 5.01. The van der Waals surface area contributed by atoms with Crippen molar-refractivity contribution in [2.75, 3.05) is 18.6 Å².